The first-order valence-electron chi connectivity index (χ1n) is 6.62. The summed E-state index contributed by atoms with van der Waals surface area (Å²) in [5.74, 6) is -0.593. The Bertz CT molecular complexity index is 637. The number of methoxy groups -OCH3 is 1. The molecule has 1 aromatic carbocycles. The molecule has 112 valence electrons. The number of amides is 1. The number of hydrogen-bond acceptors (Lipinski definition) is 4. The van der Waals surface area contributed by atoms with Crippen LogP contribution in [0.3, 0.4) is 0 Å². The molecule has 6 heteroatoms. The molecule has 1 aliphatic heterocycles. The van der Waals surface area contributed by atoms with Gasteiger partial charge >= 0.3 is 5.97 Å². The molecule has 0 aromatic heterocycles. The van der Waals surface area contributed by atoms with Gasteiger partial charge in [0.05, 0.1) is 12.7 Å². The number of nitrogens with zero attached hydrogens (tertiary/aromatic N) is 1. The zero-order valence-electron chi connectivity index (χ0n) is 12.4. The van der Waals surface area contributed by atoms with Crippen molar-refractivity contribution >= 4 is 17.7 Å². The van der Waals surface area contributed by atoms with Crippen molar-refractivity contribution in [1.82, 2.24) is 5.32 Å². The van der Waals surface area contributed by atoms with Crippen molar-refractivity contribution in [2.45, 2.75) is 26.3 Å². The predicted molar refractivity (Wildman–Crippen MR) is 77.9 cm³/mol. The molecule has 2 rings (SSSR count). The first-order chi connectivity index (χ1) is 9.79. The Balaban J connectivity index is 2.53. The number of carboxylic acid groups (broad SMARTS) is 1. The zero-order chi connectivity index (χ0) is 15.8. The van der Waals surface area contributed by atoms with E-state index in [-0.39, 0.29) is 23.2 Å². The SMILES string of the molecule is COc1ccc(C2=NC(C)(C(C)C)C(=O)N2)c(C(=O)O)c1. The minimum Gasteiger partial charge on any atom is -0.497 e. The highest BCUT2D eigenvalue weighted by Gasteiger charge is 2.42. The minimum absolute atomic E-state index is 0.00141. The Morgan fingerprint density at radius 3 is 2.57 bits per heavy atom. The third kappa shape index (κ3) is 2.49. The first-order valence-corrected chi connectivity index (χ1v) is 6.62. The normalized spacial score (nSPS) is 21.2. The predicted octanol–water partition coefficient (Wildman–Crippen LogP) is 1.68. The molecule has 1 amide bonds. The third-order valence-corrected chi connectivity index (χ3v) is 3.87. The monoisotopic (exact) mass is 290 g/mol. The second-order valence-corrected chi connectivity index (χ2v) is 5.43. The van der Waals surface area contributed by atoms with Crippen molar-refractivity contribution in [2.75, 3.05) is 7.11 Å². The molecule has 2 N–H and O–H groups in total. The fraction of sp³-hybridized carbons (Fsp3) is 0.400. The van der Waals surface area contributed by atoms with Crippen molar-refractivity contribution in [1.29, 1.82) is 0 Å². The van der Waals surface area contributed by atoms with E-state index in [2.05, 4.69) is 10.3 Å². The molecule has 0 saturated carbocycles. The van der Waals surface area contributed by atoms with Crippen molar-refractivity contribution < 1.29 is 19.4 Å². The van der Waals surface area contributed by atoms with Crippen LogP contribution in [0, 0.1) is 5.92 Å². The van der Waals surface area contributed by atoms with E-state index in [9.17, 15) is 14.7 Å². The van der Waals surface area contributed by atoms with Crippen LogP contribution in [0.4, 0.5) is 0 Å². The van der Waals surface area contributed by atoms with Gasteiger partial charge in [0.15, 0.2) is 0 Å². The summed E-state index contributed by atoms with van der Waals surface area (Å²) in [4.78, 5) is 27.9. The standard InChI is InChI=1S/C15H18N2O4/c1-8(2)15(3)14(20)16-12(17-15)10-6-5-9(21-4)7-11(10)13(18)19/h5-8H,1-4H3,(H,18,19)(H,16,17,20). The molecule has 0 radical (unpaired) electrons. The largest absolute Gasteiger partial charge is 0.497 e. The summed E-state index contributed by atoms with van der Waals surface area (Å²) in [5.41, 5.74) is -0.465. The quantitative estimate of drug-likeness (QED) is 0.883. The van der Waals surface area contributed by atoms with Crippen LogP contribution in [-0.2, 0) is 4.79 Å². The van der Waals surface area contributed by atoms with E-state index in [0.717, 1.165) is 0 Å². The number of rotatable bonds is 4. The van der Waals surface area contributed by atoms with E-state index in [1.54, 1.807) is 19.1 Å². The molecule has 0 saturated heterocycles. The van der Waals surface area contributed by atoms with E-state index in [0.29, 0.717) is 11.3 Å². The van der Waals surface area contributed by atoms with E-state index >= 15 is 0 Å². The van der Waals surface area contributed by atoms with Crippen LogP contribution in [0.15, 0.2) is 23.2 Å². The van der Waals surface area contributed by atoms with Crippen LogP contribution in [0.2, 0.25) is 0 Å². The lowest BCUT2D eigenvalue weighted by molar-refractivity contribution is -0.124. The third-order valence-electron chi connectivity index (χ3n) is 3.87. The summed E-state index contributed by atoms with van der Waals surface area (Å²) in [7, 11) is 1.46. The lowest BCUT2D eigenvalue weighted by atomic mass is 9.89. The van der Waals surface area contributed by atoms with Gasteiger partial charge in [-0.2, -0.15) is 0 Å². The van der Waals surface area contributed by atoms with E-state index in [1.807, 2.05) is 13.8 Å². The number of ether oxygens (including phenoxy) is 1. The van der Waals surface area contributed by atoms with Crippen molar-refractivity contribution in [2.24, 2.45) is 10.9 Å². The Kier molecular flexibility index (Phi) is 3.72. The second kappa shape index (κ2) is 5.20. The highest BCUT2D eigenvalue weighted by Crippen LogP contribution is 2.28. The van der Waals surface area contributed by atoms with Gasteiger partial charge in [-0.3, -0.25) is 9.79 Å². The summed E-state index contributed by atoms with van der Waals surface area (Å²) in [6.07, 6.45) is 0. The van der Waals surface area contributed by atoms with Crippen LogP contribution in [0.25, 0.3) is 0 Å². The Labute approximate surface area is 122 Å². The molecule has 1 unspecified atom stereocenters. The number of aliphatic imine (C=N–C) groups is 1. The number of aromatic carboxylic acids is 1. The van der Waals surface area contributed by atoms with Gasteiger partial charge in [0.1, 0.15) is 17.1 Å². The highest BCUT2D eigenvalue weighted by molar-refractivity contribution is 6.18. The second-order valence-electron chi connectivity index (χ2n) is 5.43. The summed E-state index contributed by atoms with van der Waals surface area (Å²) in [5, 5.41) is 12.0. The first kappa shape index (κ1) is 15.0. The van der Waals surface area contributed by atoms with E-state index in [1.165, 1.54) is 13.2 Å². The number of benzene rings is 1. The van der Waals surface area contributed by atoms with Crippen LogP contribution >= 0.6 is 0 Å². The summed E-state index contributed by atoms with van der Waals surface area (Å²) < 4.78 is 5.03. The smallest absolute Gasteiger partial charge is 0.336 e. The minimum atomic E-state index is -1.10. The van der Waals surface area contributed by atoms with Gasteiger partial charge in [0, 0.05) is 5.56 Å². The lowest BCUT2D eigenvalue weighted by Gasteiger charge is -2.21. The molecular formula is C15H18N2O4. The zero-order valence-corrected chi connectivity index (χ0v) is 12.4. The molecule has 0 fully saturated rings. The summed E-state index contributed by atoms with van der Waals surface area (Å²) >= 11 is 0. The van der Waals surface area contributed by atoms with Gasteiger partial charge in [0.2, 0.25) is 0 Å². The van der Waals surface area contributed by atoms with Gasteiger partial charge in [-0.1, -0.05) is 13.8 Å². The van der Waals surface area contributed by atoms with Gasteiger partial charge in [-0.15, -0.1) is 0 Å². The number of amidine groups is 1. The Hall–Kier alpha value is -2.37. The fourth-order valence-corrected chi connectivity index (χ4v) is 2.10. The maximum absolute atomic E-state index is 12.1. The fourth-order valence-electron chi connectivity index (χ4n) is 2.10. The van der Waals surface area contributed by atoms with Crippen molar-refractivity contribution in [3.8, 4) is 5.75 Å². The van der Waals surface area contributed by atoms with Gasteiger partial charge in [0.25, 0.3) is 5.91 Å². The van der Waals surface area contributed by atoms with Crippen LogP contribution in [0.1, 0.15) is 36.7 Å². The van der Waals surface area contributed by atoms with E-state index < -0.39 is 11.5 Å². The molecule has 0 aliphatic carbocycles. The highest BCUT2D eigenvalue weighted by atomic mass is 16.5. The number of carbonyl (C=O) groups is 2. The number of nitrogens with one attached hydrogen (secondary N) is 1. The molecule has 1 heterocycles. The Morgan fingerprint density at radius 1 is 1.43 bits per heavy atom. The average Bonchev–Trinajstić information content (AvgIpc) is 2.75. The van der Waals surface area contributed by atoms with Crippen molar-refractivity contribution in [3.05, 3.63) is 29.3 Å². The van der Waals surface area contributed by atoms with E-state index in [4.69, 9.17) is 4.74 Å². The molecule has 1 atom stereocenters. The van der Waals surface area contributed by atoms with Gasteiger partial charge < -0.3 is 15.2 Å². The average molecular weight is 290 g/mol. The molecule has 0 bridgehead atoms. The molecule has 1 aromatic rings. The maximum atomic E-state index is 12.1. The summed E-state index contributed by atoms with van der Waals surface area (Å²) in [6.45, 7) is 5.54. The van der Waals surface area contributed by atoms with Gasteiger partial charge in [-0.25, -0.2) is 4.79 Å². The number of hydrogen-bond donors (Lipinski definition) is 2. The number of carbonyl (C=O) groups excluding carboxylic acids is 1. The Morgan fingerprint density at radius 2 is 2.10 bits per heavy atom. The molecule has 1 aliphatic rings. The molecule has 0 spiro atoms. The van der Waals surface area contributed by atoms with Crippen molar-refractivity contribution in [3.63, 3.8) is 0 Å². The molecule has 6 nitrogen and oxygen atoms in total. The summed E-state index contributed by atoms with van der Waals surface area (Å²) in [6, 6.07) is 4.65. The lowest BCUT2D eigenvalue weighted by Crippen LogP contribution is -2.41. The molecular weight excluding hydrogens is 272 g/mol. The van der Waals surface area contributed by atoms with Crippen LogP contribution in [-0.4, -0.2) is 35.5 Å². The number of carboxylic acids is 1. The molecule has 21 heavy (non-hydrogen) atoms. The maximum Gasteiger partial charge on any atom is 0.336 e. The van der Waals surface area contributed by atoms with Crippen LogP contribution in [0.5, 0.6) is 5.75 Å². The topological polar surface area (TPSA) is 88.0 Å². The van der Waals surface area contributed by atoms with Gasteiger partial charge in [-0.05, 0) is 31.0 Å². The van der Waals surface area contributed by atoms with Crippen LogP contribution < -0.4 is 10.1 Å².